The Kier molecular flexibility index (Phi) is 5.69. The summed E-state index contributed by atoms with van der Waals surface area (Å²) in [4.78, 5) is 40.4. The molecule has 1 unspecified atom stereocenters. The monoisotopic (exact) mass is 293 g/mol. The number of aromatic nitrogens is 1. The molecule has 0 spiro atoms. The average molecular weight is 293 g/mol. The van der Waals surface area contributed by atoms with Crippen LogP contribution in [0.4, 0.5) is 0 Å². The van der Waals surface area contributed by atoms with E-state index in [2.05, 4.69) is 10.3 Å². The van der Waals surface area contributed by atoms with E-state index in [0.717, 1.165) is 0 Å². The van der Waals surface area contributed by atoms with E-state index in [0.29, 0.717) is 12.1 Å². The van der Waals surface area contributed by atoms with Crippen molar-refractivity contribution in [1.29, 1.82) is 0 Å². The fourth-order valence-corrected chi connectivity index (χ4v) is 1.99. The first-order valence-corrected chi connectivity index (χ1v) is 6.93. The zero-order valence-corrected chi connectivity index (χ0v) is 13.2. The molecule has 0 radical (unpaired) electrons. The topological polar surface area (TPSA) is 82.3 Å². The molecule has 2 N–H and O–H groups in total. The molecular formula is C15H23N3O3. The molecule has 1 aromatic rings. The van der Waals surface area contributed by atoms with Gasteiger partial charge in [0.15, 0.2) is 5.43 Å². The Labute approximate surface area is 124 Å². The lowest BCUT2D eigenvalue weighted by molar-refractivity contribution is -0.131. The molecule has 0 fully saturated rings. The number of rotatable bonds is 5. The van der Waals surface area contributed by atoms with Crippen molar-refractivity contribution in [3.05, 3.63) is 33.7 Å². The Morgan fingerprint density at radius 1 is 1.33 bits per heavy atom. The van der Waals surface area contributed by atoms with E-state index in [1.54, 1.807) is 21.0 Å². The number of hydrogen-bond donors (Lipinski definition) is 2. The highest BCUT2D eigenvalue weighted by molar-refractivity contribution is 5.97. The van der Waals surface area contributed by atoms with Crippen LogP contribution in [-0.2, 0) is 4.79 Å². The summed E-state index contributed by atoms with van der Waals surface area (Å²) >= 11 is 0. The van der Waals surface area contributed by atoms with E-state index >= 15 is 0 Å². The predicted molar refractivity (Wildman–Crippen MR) is 81.2 cm³/mol. The third-order valence-electron chi connectivity index (χ3n) is 3.05. The first-order valence-electron chi connectivity index (χ1n) is 6.93. The molecule has 0 saturated carbocycles. The van der Waals surface area contributed by atoms with Crippen molar-refractivity contribution in [3.8, 4) is 0 Å². The second-order valence-electron chi connectivity index (χ2n) is 5.78. The van der Waals surface area contributed by atoms with E-state index in [-0.39, 0.29) is 22.8 Å². The minimum atomic E-state index is -0.631. The number of H-pyrrole nitrogens is 1. The summed E-state index contributed by atoms with van der Waals surface area (Å²) in [5.74, 6) is -0.465. The van der Waals surface area contributed by atoms with Crippen LogP contribution in [0.1, 0.15) is 36.3 Å². The van der Waals surface area contributed by atoms with Crippen LogP contribution in [0.15, 0.2) is 17.1 Å². The lowest BCUT2D eigenvalue weighted by Gasteiger charge is -2.23. The molecule has 0 bridgehead atoms. The van der Waals surface area contributed by atoms with Crippen LogP contribution < -0.4 is 10.7 Å². The third kappa shape index (κ3) is 4.73. The molecule has 1 heterocycles. The molecule has 6 heteroatoms. The number of nitrogens with zero attached hydrogens (tertiary/aromatic N) is 1. The Morgan fingerprint density at radius 3 is 2.43 bits per heavy atom. The maximum absolute atomic E-state index is 12.2. The number of pyridine rings is 1. The maximum atomic E-state index is 12.2. The number of hydrogen-bond acceptors (Lipinski definition) is 3. The van der Waals surface area contributed by atoms with Gasteiger partial charge in [-0.25, -0.2) is 0 Å². The normalized spacial score (nSPS) is 12.1. The second kappa shape index (κ2) is 7.06. The molecule has 116 valence electrons. The number of aryl methyl sites for hydroxylation is 1. The standard InChI is InChI=1S/C15H23N3O3/c1-9(2)6-12(15(21)18(4)5)17-14(20)11-8-16-10(3)7-13(11)19/h7-9,12H,6H2,1-5H3,(H,16,19)(H,17,20). The minimum Gasteiger partial charge on any atom is -0.364 e. The lowest BCUT2D eigenvalue weighted by atomic mass is 10.0. The lowest BCUT2D eigenvalue weighted by Crippen LogP contribution is -2.47. The van der Waals surface area contributed by atoms with Crippen LogP contribution in [0, 0.1) is 12.8 Å². The van der Waals surface area contributed by atoms with Crippen LogP contribution in [-0.4, -0.2) is 41.8 Å². The van der Waals surface area contributed by atoms with Crippen molar-refractivity contribution in [1.82, 2.24) is 15.2 Å². The van der Waals surface area contributed by atoms with Gasteiger partial charge in [0.25, 0.3) is 5.91 Å². The van der Waals surface area contributed by atoms with Crippen molar-refractivity contribution in [3.63, 3.8) is 0 Å². The van der Waals surface area contributed by atoms with Crippen LogP contribution >= 0.6 is 0 Å². The highest BCUT2D eigenvalue weighted by Crippen LogP contribution is 2.07. The van der Waals surface area contributed by atoms with Crippen LogP contribution in [0.2, 0.25) is 0 Å². The molecule has 1 aromatic heterocycles. The Balaban J connectivity index is 2.94. The summed E-state index contributed by atoms with van der Waals surface area (Å²) in [7, 11) is 3.28. The summed E-state index contributed by atoms with van der Waals surface area (Å²) in [6.07, 6.45) is 1.89. The molecule has 1 rings (SSSR count). The summed E-state index contributed by atoms with van der Waals surface area (Å²) in [5.41, 5.74) is 0.338. The van der Waals surface area contributed by atoms with E-state index in [4.69, 9.17) is 0 Å². The van der Waals surface area contributed by atoms with Crippen molar-refractivity contribution < 1.29 is 9.59 Å². The molecule has 6 nitrogen and oxygen atoms in total. The van der Waals surface area contributed by atoms with E-state index in [1.807, 2.05) is 13.8 Å². The highest BCUT2D eigenvalue weighted by atomic mass is 16.2. The molecular weight excluding hydrogens is 270 g/mol. The SMILES string of the molecule is Cc1cc(=O)c(C(=O)NC(CC(C)C)C(=O)N(C)C)c[nH]1. The van der Waals surface area contributed by atoms with Gasteiger partial charge < -0.3 is 15.2 Å². The molecule has 2 amide bonds. The van der Waals surface area contributed by atoms with Gasteiger partial charge >= 0.3 is 0 Å². The van der Waals surface area contributed by atoms with Gasteiger partial charge in [0.2, 0.25) is 5.91 Å². The quantitative estimate of drug-likeness (QED) is 0.846. The van der Waals surface area contributed by atoms with E-state index in [1.165, 1.54) is 17.2 Å². The van der Waals surface area contributed by atoms with Crippen molar-refractivity contribution in [2.24, 2.45) is 5.92 Å². The van der Waals surface area contributed by atoms with Crippen LogP contribution in [0.5, 0.6) is 0 Å². The molecule has 1 atom stereocenters. The molecule has 0 aliphatic rings. The van der Waals surface area contributed by atoms with E-state index in [9.17, 15) is 14.4 Å². The number of carbonyl (C=O) groups excluding carboxylic acids is 2. The predicted octanol–water partition coefficient (Wildman–Crippen LogP) is 0.916. The van der Waals surface area contributed by atoms with E-state index < -0.39 is 11.9 Å². The third-order valence-corrected chi connectivity index (χ3v) is 3.05. The largest absolute Gasteiger partial charge is 0.364 e. The number of carbonyl (C=O) groups is 2. The van der Waals surface area contributed by atoms with Gasteiger partial charge in [0, 0.05) is 32.1 Å². The summed E-state index contributed by atoms with van der Waals surface area (Å²) in [6, 6.07) is 0.730. The second-order valence-corrected chi connectivity index (χ2v) is 5.78. The highest BCUT2D eigenvalue weighted by Gasteiger charge is 2.24. The zero-order valence-electron chi connectivity index (χ0n) is 13.2. The van der Waals surface area contributed by atoms with Gasteiger partial charge in [-0.05, 0) is 19.3 Å². The van der Waals surface area contributed by atoms with Crippen molar-refractivity contribution in [2.45, 2.75) is 33.2 Å². The molecule has 0 aliphatic heterocycles. The molecule has 0 aromatic carbocycles. The maximum Gasteiger partial charge on any atom is 0.257 e. The van der Waals surface area contributed by atoms with Crippen LogP contribution in [0.25, 0.3) is 0 Å². The molecule has 0 aliphatic carbocycles. The summed E-state index contributed by atoms with van der Waals surface area (Å²) in [6.45, 7) is 5.68. The first-order chi connectivity index (χ1) is 9.72. The number of amides is 2. The smallest absolute Gasteiger partial charge is 0.257 e. The van der Waals surface area contributed by atoms with Crippen LogP contribution in [0.3, 0.4) is 0 Å². The number of aromatic amines is 1. The van der Waals surface area contributed by atoms with Crippen molar-refractivity contribution in [2.75, 3.05) is 14.1 Å². The van der Waals surface area contributed by atoms with Gasteiger partial charge in [-0.1, -0.05) is 13.8 Å². The Hall–Kier alpha value is -2.11. The zero-order chi connectivity index (χ0) is 16.2. The van der Waals surface area contributed by atoms with Gasteiger partial charge in [0.05, 0.1) is 0 Å². The fraction of sp³-hybridized carbons (Fsp3) is 0.533. The number of nitrogens with one attached hydrogen (secondary N) is 2. The fourth-order valence-electron chi connectivity index (χ4n) is 1.99. The first kappa shape index (κ1) is 16.9. The van der Waals surface area contributed by atoms with Gasteiger partial charge in [-0.3, -0.25) is 14.4 Å². The summed E-state index contributed by atoms with van der Waals surface area (Å²) in [5, 5.41) is 2.66. The summed E-state index contributed by atoms with van der Waals surface area (Å²) < 4.78 is 0. The molecule has 0 saturated heterocycles. The van der Waals surface area contributed by atoms with Gasteiger partial charge in [0.1, 0.15) is 11.6 Å². The minimum absolute atomic E-state index is 0.0147. The van der Waals surface area contributed by atoms with Gasteiger partial charge in [-0.15, -0.1) is 0 Å². The van der Waals surface area contributed by atoms with Gasteiger partial charge in [-0.2, -0.15) is 0 Å². The number of likely N-dealkylation sites (N-methyl/N-ethyl adjacent to an activating group) is 1. The van der Waals surface area contributed by atoms with Crippen molar-refractivity contribution >= 4 is 11.8 Å². The molecule has 21 heavy (non-hydrogen) atoms. The Morgan fingerprint density at radius 2 is 1.95 bits per heavy atom. The average Bonchev–Trinajstić information content (AvgIpc) is 2.36. The Bertz CT molecular complexity index is 576.